The summed E-state index contributed by atoms with van der Waals surface area (Å²) in [5.74, 6) is -1.16. The molecule has 2 heterocycles. The molecule has 2 N–H and O–H groups in total. The van der Waals surface area contributed by atoms with Gasteiger partial charge in [0.25, 0.3) is 11.8 Å². The molecular formula is C15H15ClN4O4. The molecule has 9 heteroatoms. The largest absolute Gasteiger partial charge is 0.336 e. The van der Waals surface area contributed by atoms with E-state index in [9.17, 15) is 19.2 Å². The van der Waals surface area contributed by atoms with Gasteiger partial charge in [0, 0.05) is 18.1 Å². The van der Waals surface area contributed by atoms with Crippen LogP contribution in [0.25, 0.3) is 0 Å². The van der Waals surface area contributed by atoms with Crippen molar-refractivity contribution in [2.75, 3.05) is 19.6 Å². The van der Waals surface area contributed by atoms with Crippen LogP contribution in [0.15, 0.2) is 24.3 Å². The number of amides is 6. The summed E-state index contributed by atoms with van der Waals surface area (Å²) >= 11 is 5.84. The number of urea groups is 2. The Bertz CT molecular complexity index is 735. The molecule has 2 aliphatic heterocycles. The third-order valence-electron chi connectivity index (χ3n) is 4.15. The van der Waals surface area contributed by atoms with E-state index < -0.39 is 36.0 Å². The van der Waals surface area contributed by atoms with E-state index in [1.54, 1.807) is 31.2 Å². The third-order valence-corrected chi connectivity index (χ3v) is 4.40. The van der Waals surface area contributed by atoms with Gasteiger partial charge in [-0.3, -0.25) is 19.4 Å². The van der Waals surface area contributed by atoms with Crippen molar-refractivity contribution in [3.05, 3.63) is 34.9 Å². The zero-order valence-corrected chi connectivity index (χ0v) is 13.6. The zero-order chi connectivity index (χ0) is 17.5. The van der Waals surface area contributed by atoms with Crippen molar-refractivity contribution in [3.63, 3.8) is 0 Å². The average molecular weight is 351 g/mol. The molecule has 0 saturated carbocycles. The van der Waals surface area contributed by atoms with E-state index in [2.05, 4.69) is 10.6 Å². The number of hydrogen-bond donors (Lipinski definition) is 2. The maximum atomic E-state index is 12.7. The van der Waals surface area contributed by atoms with Crippen molar-refractivity contribution < 1.29 is 19.2 Å². The van der Waals surface area contributed by atoms with E-state index in [1.807, 2.05) is 0 Å². The number of nitrogens with zero attached hydrogens (tertiary/aromatic N) is 2. The minimum absolute atomic E-state index is 0.218. The van der Waals surface area contributed by atoms with E-state index in [0.29, 0.717) is 17.1 Å². The fourth-order valence-corrected chi connectivity index (χ4v) is 2.88. The predicted octanol–water partition coefficient (Wildman–Crippen LogP) is 0.659. The number of carbonyl (C=O) groups is 4. The monoisotopic (exact) mass is 350 g/mol. The number of imide groups is 2. The number of benzene rings is 1. The molecular weight excluding hydrogens is 336 g/mol. The first-order chi connectivity index (χ1) is 11.3. The summed E-state index contributed by atoms with van der Waals surface area (Å²) in [7, 11) is 0. The Kier molecular flexibility index (Phi) is 3.92. The summed E-state index contributed by atoms with van der Waals surface area (Å²) in [5.41, 5.74) is -0.728. The van der Waals surface area contributed by atoms with Crippen LogP contribution in [-0.2, 0) is 15.1 Å². The molecule has 3 rings (SSSR count). The first kappa shape index (κ1) is 16.3. The van der Waals surface area contributed by atoms with Crippen LogP contribution in [0.1, 0.15) is 12.5 Å². The van der Waals surface area contributed by atoms with Crippen molar-refractivity contribution >= 4 is 35.5 Å². The molecule has 0 aliphatic carbocycles. The highest BCUT2D eigenvalue weighted by molar-refractivity contribution is 6.30. The Morgan fingerprint density at radius 3 is 2.46 bits per heavy atom. The number of rotatable bonds is 3. The summed E-state index contributed by atoms with van der Waals surface area (Å²) in [4.78, 5) is 50.3. The van der Waals surface area contributed by atoms with Gasteiger partial charge in [-0.1, -0.05) is 23.7 Å². The summed E-state index contributed by atoms with van der Waals surface area (Å²) in [6.07, 6.45) is 0. The number of halogens is 1. The molecule has 1 aromatic carbocycles. The van der Waals surface area contributed by atoms with E-state index in [0.717, 1.165) is 9.80 Å². The number of carbonyl (C=O) groups excluding carboxylic acids is 4. The highest BCUT2D eigenvalue weighted by Crippen LogP contribution is 2.29. The summed E-state index contributed by atoms with van der Waals surface area (Å²) in [6, 6.07) is 5.31. The van der Waals surface area contributed by atoms with Crippen molar-refractivity contribution in [3.8, 4) is 0 Å². The van der Waals surface area contributed by atoms with Crippen molar-refractivity contribution in [1.82, 2.24) is 20.4 Å². The Morgan fingerprint density at radius 1 is 1.21 bits per heavy atom. The van der Waals surface area contributed by atoms with Crippen LogP contribution >= 0.6 is 11.6 Å². The molecule has 1 aromatic rings. The van der Waals surface area contributed by atoms with Crippen LogP contribution < -0.4 is 10.6 Å². The Morgan fingerprint density at radius 2 is 1.88 bits per heavy atom. The number of hydrogen-bond acceptors (Lipinski definition) is 4. The molecule has 6 amide bonds. The smallest absolute Gasteiger partial charge is 0.325 e. The third kappa shape index (κ3) is 2.58. The van der Waals surface area contributed by atoms with Crippen LogP contribution in [0.4, 0.5) is 9.59 Å². The second-order valence-electron chi connectivity index (χ2n) is 5.73. The quantitative estimate of drug-likeness (QED) is 0.782. The molecule has 2 aliphatic rings. The Balaban J connectivity index is 1.80. The van der Waals surface area contributed by atoms with Crippen molar-refractivity contribution in [2.45, 2.75) is 12.5 Å². The molecule has 8 nitrogen and oxygen atoms in total. The highest BCUT2D eigenvalue weighted by atomic mass is 35.5. The first-order valence-corrected chi connectivity index (χ1v) is 7.69. The lowest BCUT2D eigenvalue weighted by Crippen LogP contribution is -2.45. The summed E-state index contributed by atoms with van der Waals surface area (Å²) in [6.45, 7) is 1.65. The molecule has 24 heavy (non-hydrogen) atoms. The fourth-order valence-electron chi connectivity index (χ4n) is 2.75. The van der Waals surface area contributed by atoms with Gasteiger partial charge < -0.3 is 10.6 Å². The van der Waals surface area contributed by atoms with Crippen LogP contribution in [0.2, 0.25) is 5.02 Å². The first-order valence-electron chi connectivity index (χ1n) is 7.31. The lowest BCUT2D eigenvalue weighted by molar-refractivity contribution is -0.137. The van der Waals surface area contributed by atoms with Crippen LogP contribution in [-0.4, -0.2) is 53.3 Å². The second kappa shape index (κ2) is 5.79. The van der Waals surface area contributed by atoms with E-state index in [-0.39, 0.29) is 6.54 Å². The van der Waals surface area contributed by atoms with Crippen molar-refractivity contribution in [1.29, 1.82) is 0 Å². The SMILES string of the molecule is C[C@]1(c2ccc(Cl)cc2)NC(=O)N(CC(=O)N2CCNC2=O)C1=O. The lowest BCUT2D eigenvalue weighted by Gasteiger charge is -2.22. The van der Waals surface area contributed by atoms with Gasteiger partial charge in [0.15, 0.2) is 0 Å². The van der Waals surface area contributed by atoms with Crippen LogP contribution in [0.3, 0.4) is 0 Å². The van der Waals surface area contributed by atoms with Gasteiger partial charge in [-0.15, -0.1) is 0 Å². The standard InChI is InChI=1S/C15H15ClN4O4/c1-15(9-2-4-10(16)5-3-9)12(22)20(14(24)18-15)8-11(21)19-7-6-17-13(19)23/h2-5H,6-8H2,1H3,(H,17,23)(H,18,24)/t15-/m1/s1. The fraction of sp³-hybridized carbons (Fsp3) is 0.333. The minimum Gasteiger partial charge on any atom is -0.336 e. The van der Waals surface area contributed by atoms with Gasteiger partial charge in [0.05, 0.1) is 0 Å². The average Bonchev–Trinajstić information content (AvgIpc) is 3.05. The molecule has 2 saturated heterocycles. The molecule has 0 radical (unpaired) electrons. The second-order valence-corrected chi connectivity index (χ2v) is 6.17. The molecule has 0 bridgehead atoms. The highest BCUT2D eigenvalue weighted by Gasteiger charge is 2.50. The van der Waals surface area contributed by atoms with Gasteiger partial charge >= 0.3 is 12.1 Å². The molecule has 0 aromatic heterocycles. The minimum atomic E-state index is -1.28. The van der Waals surface area contributed by atoms with Crippen LogP contribution in [0.5, 0.6) is 0 Å². The van der Waals surface area contributed by atoms with Gasteiger partial charge in [-0.25, -0.2) is 9.59 Å². The van der Waals surface area contributed by atoms with Gasteiger partial charge in [0.2, 0.25) is 0 Å². The summed E-state index contributed by atoms with van der Waals surface area (Å²) in [5, 5.41) is 5.60. The maximum Gasteiger partial charge on any atom is 0.325 e. The Labute approximate surface area is 142 Å². The van der Waals surface area contributed by atoms with E-state index in [1.165, 1.54) is 0 Å². The van der Waals surface area contributed by atoms with Gasteiger partial charge in [0.1, 0.15) is 12.1 Å². The topological polar surface area (TPSA) is 98.8 Å². The number of nitrogens with one attached hydrogen (secondary N) is 2. The molecule has 2 fully saturated rings. The zero-order valence-electron chi connectivity index (χ0n) is 12.8. The normalized spacial score (nSPS) is 23.5. The van der Waals surface area contributed by atoms with E-state index >= 15 is 0 Å². The molecule has 1 atom stereocenters. The van der Waals surface area contributed by atoms with Crippen molar-refractivity contribution in [2.24, 2.45) is 0 Å². The van der Waals surface area contributed by atoms with Gasteiger partial charge in [-0.2, -0.15) is 0 Å². The van der Waals surface area contributed by atoms with Crippen LogP contribution in [0, 0.1) is 0 Å². The predicted molar refractivity (Wildman–Crippen MR) is 84.2 cm³/mol. The maximum absolute atomic E-state index is 12.7. The molecule has 0 unspecified atom stereocenters. The molecule has 126 valence electrons. The van der Waals surface area contributed by atoms with E-state index in [4.69, 9.17) is 11.6 Å². The summed E-state index contributed by atoms with van der Waals surface area (Å²) < 4.78 is 0. The lowest BCUT2D eigenvalue weighted by atomic mass is 9.92. The Hall–Kier alpha value is -2.61. The van der Waals surface area contributed by atoms with Gasteiger partial charge in [-0.05, 0) is 24.6 Å². The molecule has 0 spiro atoms.